The first-order chi connectivity index (χ1) is 13.5. The minimum absolute atomic E-state index is 0.124. The molecule has 28 heavy (non-hydrogen) atoms. The van der Waals surface area contributed by atoms with E-state index < -0.39 is 0 Å². The van der Waals surface area contributed by atoms with Gasteiger partial charge in [0.25, 0.3) is 5.91 Å². The number of piperidine rings is 1. The van der Waals surface area contributed by atoms with Crippen molar-refractivity contribution >= 4 is 11.6 Å². The summed E-state index contributed by atoms with van der Waals surface area (Å²) in [6.07, 6.45) is 2.08. The Balaban J connectivity index is 1.66. The molecule has 0 radical (unpaired) electrons. The fraction of sp³-hybridized carbons (Fsp3) is 0.458. The number of anilines is 1. The third kappa shape index (κ3) is 4.74. The predicted octanol–water partition coefficient (Wildman–Crippen LogP) is 4.27. The van der Waals surface area contributed by atoms with Crippen LogP contribution >= 0.6 is 0 Å². The van der Waals surface area contributed by atoms with Gasteiger partial charge in [-0.1, -0.05) is 30.3 Å². The van der Waals surface area contributed by atoms with Gasteiger partial charge in [0.15, 0.2) is 0 Å². The summed E-state index contributed by atoms with van der Waals surface area (Å²) in [5.41, 5.74) is 3.22. The Morgan fingerprint density at radius 1 is 1.11 bits per heavy atom. The van der Waals surface area contributed by atoms with Crippen LogP contribution in [-0.2, 0) is 6.54 Å². The number of nitrogens with zero attached hydrogens (tertiary/aromatic N) is 3. The van der Waals surface area contributed by atoms with Crippen LogP contribution in [0.15, 0.2) is 54.6 Å². The first-order valence-electron chi connectivity index (χ1n) is 10.4. The maximum absolute atomic E-state index is 13.0. The van der Waals surface area contributed by atoms with Gasteiger partial charge in [-0.05, 0) is 63.6 Å². The number of carbonyl (C=O) groups excluding carboxylic acids is 1. The number of amides is 1. The van der Waals surface area contributed by atoms with Crippen molar-refractivity contribution < 1.29 is 4.79 Å². The Hall–Kier alpha value is -2.33. The minimum atomic E-state index is 0.124. The van der Waals surface area contributed by atoms with Crippen LogP contribution in [0.3, 0.4) is 0 Å². The molecule has 0 N–H and O–H groups in total. The van der Waals surface area contributed by atoms with Gasteiger partial charge in [0.05, 0.1) is 0 Å². The highest BCUT2D eigenvalue weighted by atomic mass is 16.2. The second-order valence-corrected chi connectivity index (χ2v) is 7.97. The van der Waals surface area contributed by atoms with E-state index >= 15 is 0 Å². The summed E-state index contributed by atoms with van der Waals surface area (Å²) in [5.74, 6) is 0.124. The Morgan fingerprint density at radius 2 is 1.79 bits per heavy atom. The molecule has 1 aliphatic heterocycles. The molecule has 1 heterocycles. The smallest absolute Gasteiger partial charge is 0.253 e. The standard InChI is InChI=1S/C24H33N3O/c1-5-27(18-20-9-7-6-8-10-20)22-13-11-21(12-14-22)24(28)26(4)23-15-16-25(3)19(2)17-23/h6-14,19,23H,5,15-18H2,1-4H3. The summed E-state index contributed by atoms with van der Waals surface area (Å²) in [6.45, 7) is 7.25. The number of likely N-dealkylation sites (tertiary alicyclic amines) is 1. The second-order valence-electron chi connectivity index (χ2n) is 7.97. The molecule has 3 rings (SSSR count). The van der Waals surface area contributed by atoms with Crippen molar-refractivity contribution in [2.75, 3.05) is 32.1 Å². The quantitative estimate of drug-likeness (QED) is 0.750. The van der Waals surface area contributed by atoms with Crippen molar-refractivity contribution in [1.82, 2.24) is 9.80 Å². The van der Waals surface area contributed by atoms with Crippen LogP contribution in [0.1, 0.15) is 42.6 Å². The van der Waals surface area contributed by atoms with Gasteiger partial charge in [0.2, 0.25) is 0 Å². The van der Waals surface area contributed by atoms with E-state index in [0.29, 0.717) is 12.1 Å². The average molecular weight is 380 g/mol. The van der Waals surface area contributed by atoms with Crippen LogP contribution in [0.2, 0.25) is 0 Å². The molecule has 1 aliphatic rings. The Kier molecular flexibility index (Phi) is 6.74. The van der Waals surface area contributed by atoms with Gasteiger partial charge >= 0.3 is 0 Å². The summed E-state index contributed by atoms with van der Waals surface area (Å²) in [7, 11) is 4.11. The molecule has 2 unspecified atom stereocenters. The summed E-state index contributed by atoms with van der Waals surface area (Å²) in [6, 6.07) is 19.4. The summed E-state index contributed by atoms with van der Waals surface area (Å²) < 4.78 is 0. The summed E-state index contributed by atoms with van der Waals surface area (Å²) in [4.78, 5) is 19.6. The molecule has 1 amide bonds. The maximum atomic E-state index is 13.0. The fourth-order valence-corrected chi connectivity index (χ4v) is 3.99. The molecule has 1 saturated heterocycles. The molecule has 2 atom stereocenters. The van der Waals surface area contributed by atoms with Crippen molar-refractivity contribution in [2.24, 2.45) is 0 Å². The zero-order valence-electron chi connectivity index (χ0n) is 17.6. The highest BCUT2D eigenvalue weighted by Crippen LogP contribution is 2.23. The maximum Gasteiger partial charge on any atom is 0.253 e. The minimum Gasteiger partial charge on any atom is -0.367 e. The van der Waals surface area contributed by atoms with Gasteiger partial charge in [0, 0.05) is 50.0 Å². The average Bonchev–Trinajstić information content (AvgIpc) is 2.74. The zero-order chi connectivity index (χ0) is 20.1. The van der Waals surface area contributed by atoms with Crippen LogP contribution in [0.4, 0.5) is 5.69 Å². The Labute approximate surface area is 169 Å². The number of hydrogen-bond acceptors (Lipinski definition) is 3. The van der Waals surface area contributed by atoms with E-state index in [1.807, 2.05) is 30.1 Å². The van der Waals surface area contributed by atoms with Crippen LogP contribution in [-0.4, -0.2) is 55.0 Å². The lowest BCUT2D eigenvalue weighted by atomic mass is 9.97. The van der Waals surface area contributed by atoms with Crippen molar-refractivity contribution in [3.05, 3.63) is 65.7 Å². The van der Waals surface area contributed by atoms with Crippen molar-refractivity contribution in [2.45, 2.75) is 45.3 Å². The van der Waals surface area contributed by atoms with Crippen LogP contribution in [0.5, 0.6) is 0 Å². The zero-order valence-corrected chi connectivity index (χ0v) is 17.6. The fourth-order valence-electron chi connectivity index (χ4n) is 3.99. The third-order valence-electron chi connectivity index (χ3n) is 6.13. The molecular weight excluding hydrogens is 346 g/mol. The van der Waals surface area contributed by atoms with Gasteiger partial charge in [-0.25, -0.2) is 0 Å². The van der Waals surface area contributed by atoms with Gasteiger partial charge in [-0.3, -0.25) is 4.79 Å². The van der Waals surface area contributed by atoms with E-state index in [1.54, 1.807) is 0 Å². The number of hydrogen-bond donors (Lipinski definition) is 0. The van der Waals surface area contributed by atoms with Crippen molar-refractivity contribution in [3.63, 3.8) is 0 Å². The van der Waals surface area contributed by atoms with E-state index in [-0.39, 0.29) is 5.91 Å². The van der Waals surface area contributed by atoms with E-state index in [2.05, 4.69) is 67.1 Å². The lowest BCUT2D eigenvalue weighted by Crippen LogP contribution is -2.48. The monoisotopic (exact) mass is 379 g/mol. The summed E-state index contributed by atoms with van der Waals surface area (Å²) >= 11 is 0. The molecule has 150 valence electrons. The molecular formula is C24H33N3O. The van der Waals surface area contributed by atoms with Gasteiger partial charge < -0.3 is 14.7 Å². The predicted molar refractivity (Wildman–Crippen MR) is 117 cm³/mol. The van der Waals surface area contributed by atoms with Crippen molar-refractivity contribution in [1.29, 1.82) is 0 Å². The molecule has 1 fully saturated rings. The number of carbonyl (C=O) groups is 1. The number of benzene rings is 2. The lowest BCUT2D eigenvalue weighted by Gasteiger charge is -2.39. The van der Waals surface area contributed by atoms with E-state index in [9.17, 15) is 4.79 Å². The van der Waals surface area contributed by atoms with E-state index in [4.69, 9.17) is 0 Å². The largest absolute Gasteiger partial charge is 0.367 e. The van der Waals surface area contributed by atoms with E-state index in [0.717, 1.165) is 43.7 Å². The van der Waals surface area contributed by atoms with Crippen LogP contribution < -0.4 is 4.90 Å². The second kappa shape index (κ2) is 9.24. The van der Waals surface area contributed by atoms with Crippen LogP contribution in [0, 0.1) is 0 Å². The molecule has 0 spiro atoms. The highest BCUT2D eigenvalue weighted by molar-refractivity contribution is 5.94. The van der Waals surface area contributed by atoms with Gasteiger partial charge in [0.1, 0.15) is 0 Å². The molecule has 4 heteroatoms. The molecule has 2 aromatic rings. The van der Waals surface area contributed by atoms with E-state index in [1.165, 1.54) is 5.56 Å². The Morgan fingerprint density at radius 3 is 2.39 bits per heavy atom. The summed E-state index contributed by atoms with van der Waals surface area (Å²) in [5, 5.41) is 0. The number of rotatable bonds is 6. The SMILES string of the molecule is CCN(Cc1ccccc1)c1ccc(C(=O)N(C)C2CCN(C)C(C)C2)cc1. The molecule has 2 aromatic carbocycles. The molecule has 0 aliphatic carbocycles. The molecule has 0 bridgehead atoms. The van der Waals surface area contributed by atoms with Gasteiger partial charge in [-0.2, -0.15) is 0 Å². The normalized spacial score (nSPS) is 20.0. The topological polar surface area (TPSA) is 26.8 Å². The molecule has 0 aromatic heterocycles. The van der Waals surface area contributed by atoms with Gasteiger partial charge in [-0.15, -0.1) is 0 Å². The first kappa shape index (κ1) is 20.4. The lowest BCUT2D eigenvalue weighted by molar-refractivity contribution is 0.0598. The molecule has 4 nitrogen and oxygen atoms in total. The van der Waals surface area contributed by atoms with Crippen molar-refractivity contribution in [3.8, 4) is 0 Å². The third-order valence-corrected chi connectivity index (χ3v) is 6.13. The molecule has 0 saturated carbocycles. The highest BCUT2D eigenvalue weighted by Gasteiger charge is 2.28. The Bertz CT molecular complexity index is 759. The first-order valence-corrected chi connectivity index (χ1v) is 10.4. The van der Waals surface area contributed by atoms with Crippen LogP contribution in [0.25, 0.3) is 0 Å².